The number of carbonyl (C=O) groups excluding carboxylic acids is 1. The van der Waals surface area contributed by atoms with Crippen LogP contribution in [0.15, 0.2) is 66.7 Å². The first kappa shape index (κ1) is 13.3. The Kier molecular flexibility index (Phi) is 4.68. The van der Waals surface area contributed by atoms with Gasteiger partial charge in [0.1, 0.15) is 0 Å². The average Bonchev–Trinajstić information content (AvgIpc) is 2.47. The summed E-state index contributed by atoms with van der Waals surface area (Å²) in [6, 6.07) is 19.6. The van der Waals surface area contributed by atoms with E-state index in [-0.39, 0.29) is 11.7 Å². The van der Waals surface area contributed by atoms with Gasteiger partial charge in [-0.15, -0.1) is 0 Å². The predicted octanol–water partition coefficient (Wildman–Crippen LogP) is 4.61. The molecule has 19 heavy (non-hydrogen) atoms. The van der Waals surface area contributed by atoms with Gasteiger partial charge in [0, 0.05) is 12.0 Å². The summed E-state index contributed by atoms with van der Waals surface area (Å²) in [6.45, 7) is 2.07. The molecule has 0 N–H and O–H groups in total. The van der Waals surface area contributed by atoms with E-state index in [9.17, 15) is 4.79 Å². The highest BCUT2D eigenvalue weighted by Crippen LogP contribution is 2.12. The van der Waals surface area contributed by atoms with Crippen LogP contribution >= 0.6 is 0 Å². The predicted molar refractivity (Wildman–Crippen MR) is 80.0 cm³/mol. The lowest BCUT2D eigenvalue weighted by atomic mass is 9.99. The van der Waals surface area contributed by atoms with Gasteiger partial charge in [0.05, 0.1) is 0 Å². The van der Waals surface area contributed by atoms with E-state index >= 15 is 0 Å². The molecule has 0 aliphatic carbocycles. The van der Waals surface area contributed by atoms with E-state index in [1.165, 1.54) is 5.56 Å². The van der Waals surface area contributed by atoms with Gasteiger partial charge in [-0.1, -0.05) is 79.7 Å². The van der Waals surface area contributed by atoms with E-state index < -0.39 is 0 Å². The third-order valence-electron chi connectivity index (χ3n) is 3.02. The van der Waals surface area contributed by atoms with Crippen LogP contribution in [0.3, 0.4) is 0 Å². The molecule has 0 saturated heterocycles. The highest BCUT2D eigenvalue weighted by Gasteiger charge is 2.08. The monoisotopic (exact) mass is 250 g/mol. The molecule has 2 aromatic rings. The number of hydrogen-bond donors (Lipinski definition) is 0. The van der Waals surface area contributed by atoms with E-state index in [1.807, 2.05) is 48.5 Å². The summed E-state index contributed by atoms with van der Waals surface area (Å²) in [5.41, 5.74) is 1.96. The number of Topliss-reactive ketones (excluding diaryl/α,β-unsaturated/α-hetero) is 1. The summed E-state index contributed by atoms with van der Waals surface area (Å²) in [4.78, 5) is 12.0. The molecule has 0 fully saturated rings. The highest BCUT2D eigenvalue weighted by molar-refractivity contribution is 5.96. The van der Waals surface area contributed by atoms with Gasteiger partial charge in [-0.2, -0.15) is 0 Å². The van der Waals surface area contributed by atoms with Crippen LogP contribution in [-0.4, -0.2) is 5.78 Å². The van der Waals surface area contributed by atoms with Crippen molar-refractivity contribution in [3.05, 3.63) is 77.9 Å². The molecule has 2 aromatic carbocycles. The Hall–Kier alpha value is -2.15. The van der Waals surface area contributed by atoms with Gasteiger partial charge in [0.15, 0.2) is 5.78 Å². The van der Waals surface area contributed by atoms with Crippen LogP contribution in [0.1, 0.15) is 29.3 Å². The molecular formula is C18H18O. The fraction of sp³-hybridized carbons (Fsp3) is 0.167. The molecule has 0 amide bonds. The van der Waals surface area contributed by atoms with Crippen LogP contribution in [0.2, 0.25) is 0 Å². The zero-order chi connectivity index (χ0) is 13.5. The third-order valence-corrected chi connectivity index (χ3v) is 3.02. The molecular weight excluding hydrogens is 232 g/mol. The molecule has 0 bridgehead atoms. The Labute approximate surface area is 114 Å². The van der Waals surface area contributed by atoms with Crippen LogP contribution in [0.4, 0.5) is 0 Å². The van der Waals surface area contributed by atoms with Gasteiger partial charge in [0.2, 0.25) is 0 Å². The van der Waals surface area contributed by atoms with Crippen LogP contribution < -0.4 is 0 Å². The van der Waals surface area contributed by atoms with Gasteiger partial charge in [-0.3, -0.25) is 4.79 Å². The van der Waals surface area contributed by atoms with Crippen LogP contribution in [0.5, 0.6) is 0 Å². The Morgan fingerprint density at radius 3 is 2.21 bits per heavy atom. The molecule has 0 unspecified atom stereocenters. The summed E-state index contributed by atoms with van der Waals surface area (Å²) >= 11 is 0. The molecule has 0 aliphatic rings. The first-order valence-corrected chi connectivity index (χ1v) is 6.57. The Morgan fingerprint density at radius 2 is 1.58 bits per heavy atom. The van der Waals surface area contributed by atoms with Crippen molar-refractivity contribution >= 4 is 11.9 Å². The van der Waals surface area contributed by atoms with Gasteiger partial charge >= 0.3 is 0 Å². The first-order valence-electron chi connectivity index (χ1n) is 6.57. The van der Waals surface area contributed by atoms with Crippen molar-refractivity contribution in [3.63, 3.8) is 0 Å². The number of rotatable bonds is 5. The second kappa shape index (κ2) is 6.69. The number of ketones is 1. The van der Waals surface area contributed by atoms with E-state index in [4.69, 9.17) is 0 Å². The Balaban J connectivity index is 1.93. The Morgan fingerprint density at radius 1 is 1.00 bits per heavy atom. The normalized spacial score (nSPS) is 12.5. The van der Waals surface area contributed by atoms with E-state index in [1.54, 1.807) is 0 Å². The lowest BCUT2D eigenvalue weighted by Crippen LogP contribution is -2.03. The topological polar surface area (TPSA) is 17.1 Å². The molecule has 0 aromatic heterocycles. The van der Waals surface area contributed by atoms with Gasteiger partial charge in [-0.05, 0) is 11.5 Å². The zero-order valence-electron chi connectivity index (χ0n) is 11.1. The van der Waals surface area contributed by atoms with Crippen molar-refractivity contribution in [2.24, 2.45) is 5.92 Å². The van der Waals surface area contributed by atoms with Crippen LogP contribution in [0, 0.1) is 5.92 Å². The lowest BCUT2D eigenvalue weighted by Gasteiger charge is -2.05. The van der Waals surface area contributed by atoms with Crippen molar-refractivity contribution in [3.8, 4) is 0 Å². The maximum Gasteiger partial charge on any atom is 0.163 e. The molecule has 0 aliphatic heterocycles. The van der Waals surface area contributed by atoms with Crippen LogP contribution in [0.25, 0.3) is 6.08 Å². The summed E-state index contributed by atoms with van der Waals surface area (Å²) < 4.78 is 0. The van der Waals surface area contributed by atoms with Gasteiger partial charge in [0.25, 0.3) is 0 Å². The fourth-order valence-electron chi connectivity index (χ4n) is 1.94. The van der Waals surface area contributed by atoms with Crippen molar-refractivity contribution < 1.29 is 4.79 Å². The van der Waals surface area contributed by atoms with Crippen molar-refractivity contribution in [1.29, 1.82) is 0 Å². The van der Waals surface area contributed by atoms with Crippen molar-refractivity contribution in [2.75, 3.05) is 0 Å². The second-order valence-corrected chi connectivity index (χ2v) is 4.74. The molecule has 1 nitrogen and oxygen atoms in total. The molecule has 2 rings (SSSR count). The average molecular weight is 250 g/mol. The summed E-state index contributed by atoms with van der Waals surface area (Å²) in [6.07, 6.45) is 4.71. The quantitative estimate of drug-likeness (QED) is 0.708. The number of hydrogen-bond acceptors (Lipinski definition) is 1. The van der Waals surface area contributed by atoms with Gasteiger partial charge in [-0.25, -0.2) is 0 Å². The maximum atomic E-state index is 12.0. The minimum Gasteiger partial charge on any atom is -0.294 e. The fourth-order valence-corrected chi connectivity index (χ4v) is 1.94. The minimum atomic E-state index is 0.200. The van der Waals surface area contributed by atoms with E-state index in [2.05, 4.69) is 31.2 Å². The largest absolute Gasteiger partial charge is 0.294 e. The highest BCUT2D eigenvalue weighted by atomic mass is 16.1. The van der Waals surface area contributed by atoms with E-state index in [0.29, 0.717) is 6.42 Å². The smallest absolute Gasteiger partial charge is 0.163 e. The van der Waals surface area contributed by atoms with Gasteiger partial charge < -0.3 is 0 Å². The second-order valence-electron chi connectivity index (χ2n) is 4.74. The number of allylic oxidation sites excluding steroid dienone is 1. The molecule has 0 radical (unpaired) electrons. The maximum absolute atomic E-state index is 12.0. The van der Waals surface area contributed by atoms with Crippen LogP contribution in [-0.2, 0) is 0 Å². The molecule has 0 saturated carbocycles. The number of carbonyl (C=O) groups is 1. The van der Waals surface area contributed by atoms with E-state index in [0.717, 1.165) is 5.56 Å². The third kappa shape index (κ3) is 4.22. The summed E-state index contributed by atoms with van der Waals surface area (Å²) in [5, 5.41) is 0. The minimum absolute atomic E-state index is 0.200. The van der Waals surface area contributed by atoms with Crippen molar-refractivity contribution in [1.82, 2.24) is 0 Å². The standard InChI is InChI=1S/C18H18O/c1-15(12-13-16-8-4-2-5-9-16)14-18(19)17-10-6-3-7-11-17/h2-13,15H,14H2,1H3/b13-12+/t15-/m0/s1. The molecule has 0 heterocycles. The molecule has 96 valence electrons. The SMILES string of the molecule is C[C@@H](/C=C/c1ccccc1)CC(=O)c1ccccc1. The molecule has 1 heteroatoms. The lowest BCUT2D eigenvalue weighted by molar-refractivity contribution is 0.0972. The first-order chi connectivity index (χ1) is 9.25. The molecule has 1 atom stereocenters. The number of benzene rings is 2. The Bertz CT molecular complexity index is 540. The summed E-state index contributed by atoms with van der Waals surface area (Å²) in [5.74, 6) is 0.443. The van der Waals surface area contributed by atoms with Crippen molar-refractivity contribution in [2.45, 2.75) is 13.3 Å². The zero-order valence-corrected chi connectivity index (χ0v) is 11.1. The summed E-state index contributed by atoms with van der Waals surface area (Å²) in [7, 11) is 0. The molecule has 0 spiro atoms.